The van der Waals surface area contributed by atoms with Crippen LogP contribution in [0.1, 0.15) is 0 Å². The third-order valence-electron chi connectivity index (χ3n) is 3.99. The van der Waals surface area contributed by atoms with Crippen LogP contribution in [0.3, 0.4) is 0 Å². The molecule has 4 aromatic carbocycles. The SMILES string of the molecule is c1ccc([P]([Ni][P](c2ccccc2)c2ccccc2)c2ccccc2)cc1. The van der Waals surface area contributed by atoms with Crippen molar-refractivity contribution in [2.24, 2.45) is 0 Å². The van der Waals surface area contributed by atoms with E-state index in [1.165, 1.54) is 21.2 Å². The number of hydrogen-bond acceptors (Lipinski definition) is 0. The maximum absolute atomic E-state index is 2.28. The van der Waals surface area contributed by atoms with E-state index < -0.39 is 13.4 Å². The molecule has 0 aliphatic heterocycles. The molecule has 0 aromatic heterocycles. The van der Waals surface area contributed by atoms with Gasteiger partial charge in [-0.15, -0.1) is 0 Å². The fourth-order valence-electron chi connectivity index (χ4n) is 2.71. The van der Waals surface area contributed by atoms with Crippen LogP contribution in [0, 0.1) is 0 Å². The Bertz CT molecular complexity index is 785. The van der Waals surface area contributed by atoms with Gasteiger partial charge in [-0.25, -0.2) is 0 Å². The molecule has 0 bridgehead atoms. The van der Waals surface area contributed by atoms with Crippen molar-refractivity contribution in [3.8, 4) is 0 Å². The van der Waals surface area contributed by atoms with Gasteiger partial charge < -0.3 is 0 Å². The van der Waals surface area contributed by atoms with Crippen molar-refractivity contribution in [2.45, 2.75) is 0 Å². The van der Waals surface area contributed by atoms with Crippen molar-refractivity contribution < 1.29 is 13.6 Å². The average molecular weight is 429 g/mol. The summed E-state index contributed by atoms with van der Waals surface area (Å²) >= 11 is 1.89. The summed E-state index contributed by atoms with van der Waals surface area (Å²) in [5, 5.41) is 5.72. The van der Waals surface area contributed by atoms with Crippen LogP contribution >= 0.6 is 13.4 Å². The summed E-state index contributed by atoms with van der Waals surface area (Å²) in [4.78, 5) is 0. The minimum atomic E-state index is -0.471. The van der Waals surface area contributed by atoms with E-state index >= 15 is 0 Å². The van der Waals surface area contributed by atoms with E-state index in [9.17, 15) is 0 Å². The van der Waals surface area contributed by atoms with Crippen LogP contribution in [-0.2, 0) is 13.6 Å². The third kappa shape index (κ3) is 4.75. The first-order valence-corrected chi connectivity index (χ1v) is 13.8. The predicted molar refractivity (Wildman–Crippen MR) is 118 cm³/mol. The van der Waals surface area contributed by atoms with Gasteiger partial charge in [0.15, 0.2) is 0 Å². The summed E-state index contributed by atoms with van der Waals surface area (Å²) in [6.07, 6.45) is 0. The Balaban J connectivity index is 1.77. The van der Waals surface area contributed by atoms with Crippen molar-refractivity contribution in [3.05, 3.63) is 121 Å². The van der Waals surface area contributed by atoms with Crippen LogP contribution in [-0.4, -0.2) is 0 Å². The predicted octanol–water partition coefficient (Wildman–Crippen LogP) is 5.16. The van der Waals surface area contributed by atoms with Crippen LogP contribution in [0.5, 0.6) is 0 Å². The van der Waals surface area contributed by atoms with Gasteiger partial charge in [-0.1, -0.05) is 0 Å². The minimum absolute atomic E-state index is 0.471. The number of benzene rings is 4. The molecule has 0 nitrogen and oxygen atoms in total. The second kappa shape index (κ2) is 9.44. The number of hydrogen-bond donors (Lipinski definition) is 0. The van der Waals surface area contributed by atoms with Gasteiger partial charge in [0.25, 0.3) is 0 Å². The van der Waals surface area contributed by atoms with Crippen molar-refractivity contribution in [2.75, 3.05) is 0 Å². The average Bonchev–Trinajstić information content (AvgIpc) is 2.77. The second-order valence-corrected chi connectivity index (χ2v) is 13.9. The summed E-state index contributed by atoms with van der Waals surface area (Å²) in [6.45, 7) is -0.942. The molecule has 136 valence electrons. The van der Waals surface area contributed by atoms with Crippen LogP contribution in [0.15, 0.2) is 121 Å². The van der Waals surface area contributed by atoms with E-state index in [1.54, 1.807) is 0 Å². The molecular formula is C24H20NiP2. The van der Waals surface area contributed by atoms with Gasteiger partial charge in [-0.3, -0.25) is 0 Å². The molecule has 0 N–H and O–H groups in total. The zero-order valence-corrected chi connectivity index (χ0v) is 17.5. The normalized spacial score (nSPS) is 11.2. The Kier molecular flexibility index (Phi) is 6.50. The molecule has 4 aromatic rings. The Hall–Kier alpha value is -1.77. The van der Waals surface area contributed by atoms with Crippen molar-refractivity contribution in [3.63, 3.8) is 0 Å². The summed E-state index contributed by atoms with van der Waals surface area (Å²) in [5.41, 5.74) is 0. The summed E-state index contributed by atoms with van der Waals surface area (Å²) in [6, 6.07) is 43.9. The fourth-order valence-corrected chi connectivity index (χ4v) is 14.3. The summed E-state index contributed by atoms with van der Waals surface area (Å²) in [5.74, 6) is 0. The van der Waals surface area contributed by atoms with Crippen LogP contribution < -0.4 is 21.2 Å². The molecule has 0 unspecified atom stereocenters. The Morgan fingerprint density at radius 2 is 0.556 bits per heavy atom. The summed E-state index contributed by atoms with van der Waals surface area (Å²) in [7, 11) is 0. The standard InChI is InChI=1S/2C12H10P.Ni/c2*1-3-7-11(8-4-1)13-12-9-5-2-6-10-12;/h2*1-10H;/q2*-1;+2. The second-order valence-electron chi connectivity index (χ2n) is 5.91. The molecule has 0 saturated carbocycles. The zero-order chi connectivity index (χ0) is 18.3. The van der Waals surface area contributed by atoms with Gasteiger partial charge in [-0.05, 0) is 0 Å². The molecule has 0 aliphatic rings. The molecule has 0 atom stereocenters. The molecule has 0 saturated heterocycles. The number of rotatable bonds is 6. The quantitative estimate of drug-likeness (QED) is 0.294. The van der Waals surface area contributed by atoms with E-state index in [1.807, 2.05) is 13.6 Å². The first-order valence-electron chi connectivity index (χ1n) is 8.82. The third-order valence-corrected chi connectivity index (χ3v) is 14.5. The zero-order valence-electron chi connectivity index (χ0n) is 14.8. The first kappa shape index (κ1) is 18.6. The Morgan fingerprint density at radius 3 is 0.778 bits per heavy atom. The van der Waals surface area contributed by atoms with Crippen molar-refractivity contribution in [1.29, 1.82) is 0 Å². The van der Waals surface area contributed by atoms with Gasteiger partial charge in [0.1, 0.15) is 0 Å². The van der Waals surface area contributed by atoms with E-state index in [-0.39, 0.29) is 0 Å². The van der Waals surface area contributed by atoms with Gasteiger partial charge in [0, 0.05) is 0 Å². The molecule has 0 aliphatic carbocycles. The van der Waals surface area contributed by atoms with Crippen LogP contribution in [0.2, 0.25) is 0 Å². The van der Waals surface area contributed by atoms with E-state index in [2.05, 4.69) is 121 Å². The fraction of sp³-hybridized carbons (Fsp3) is 0. The molecule has 0 fully saturated rings. The monoisotopic (exact) mass is 428 g/mol. The molecule has 4 rings (SSSR count). The van der Waals surface area contributed by atoms with E-state index in [0.29, 0.717) is 0 Å². The molecule has 0 amide bonds. The maximum atomic E-state index is 2.28. The van der Waals surface area contributed by atoms with Crippen LogP contribution in [0.4, 0.5) is 0 Å². The first-order chi connectivity index (χ1) is 13.4. The van der Waals surface area contributed by atoms with Gasteiger partial charge >= 0.3 is 170 Å². The molecule has 0 spiro atoms. The van der Waals surface area contributed by atoms with E-state index in [4.69, 9.17) is 0 Å². The molecular weight excluding hydrogens is 409 g/mol. The Morgan fingerprint density at radius 1 is 0.333 bits per heavy atom. The van der Waals surface area contributed by atoms with Crippen molar-refractivity contribution >= 4 is 34.6 Å². The van der Waals surface area contributed by atoms with Gasteiger partial charge in [0.2, 0.25) is 0 Å². The molecule has 27 heavy (non-hydrogen) atoms. The summed E-state index contributed by atoms with van der Waals surface area (Å²) < 4.78 is 0. The van der Waals surface area contributed by atoms with Gasteiger partial charge in [0.05, 0.1) is 0 Å². The molecule has 0 heterocycles. The Labute approximate surface area is 169 Å². The topological polar surface area (TPSA) is 0 Å². The van der Waals surface area contributed by atoms with Crippen LogP contribution in [0.25, 0.3) is 0 Å². The van der Waals surface area contributed by atoms with Gasteiger partial charge in [-0.2, -0.15) is 0 Å². The molecule has 0 radical (unpaired) electrons. The van der Waals surface area contributed by atoms with E-state index in [0.717, 1.165) is 0 Å². The van der Waals surface area contributed by atoms with Crippen molar-refractivity contribution in [1.82, 2.24) is 0 Å². The molecule has 3 heteroatoms.